The zero-order valence-corrected chi connectivity index (χ0v) is 20.6. The van der Waals surface area contributed by atoms with E-state index in [0.29, 0.717) is 24.6 Å². The number of benzene rings is 2. The largest absolute Gasteiger partial charge is 0.362 e. The number of sulfonamides is 1. The second-order valence-electron chi connectivity index (χ2n) is 7.52. The number of aromatic nitrogens is 3. The molecule has 3 N–H and O–H groups in total. The number of aryl methyl sites for hydroxylation is 1. The van der Waals surface area contributed by atoms with Crippen LogP contribution in [0.5, 0.6) is 0 Å². The lowest BCUT2D eigenvalue weighted by molar-refractivity contribution is 0.581. The van der Waals surface area contributed by atoms with Gasteiger partial charge in [-0.15, -0.1) is 0 Å². The molecule has 0 aliphatic carbocycles. The standard InChI is InChI=1S/C24H26N6O2S2/c1-3-25-24-28-17(2)22(33-24)21-13-14-26-23(30-21)29-19-10-7-11-20(16-19)34(31,32)27-15-12-18-8-5-4-6-9-18/h4-11,13-14,16,27H,3,12,15H2,1-2H3,(H,25,28)(H,26,29,30). The molecule has 176 valence electrons. The van der Waals surface area contributed by atoms with Gasteiger partial charge in [-0.3, -0.25) is 0 Å². The van der Waals surface area contributed by atoms with Crippen LogP contribution in [0, 0.1) is 6.92 Å². The molecule has 0 amide bonds. The van der Waals surface area contributed by atoms with Gasteiger partial charge in [0.2, 0.25) is 16.0 Å². The van der Waals surface area contributed by atoms with E-state index in [1.165, 1.54) is 11.3 Å². The molecule has 10 heteroatoms. The first-order chi connectivity index (χ1) is 16.4. The molecule has 0 aliphatic heterocycles. The third-order valence-corrected chi connectivity index (χ3v) is 7.56. The van der Waals surface area contributed by atoms with Gasteiger partial charge in [0.15, 0.2) is 5.13 Å². The summed E-state index contributed by atoms with van der Waals surface area (Å²) in [6.07, 6.45) is 2.29. The molecular weight excluding hydrogens is 468 g/mol. The van der Waals surface area contributed by atoms with E-state index in [0.717, 1.165) is 33.5 Å². The lowest BCUT2D eigenvalue weighted by atomic mass is 10.2. The molecule has 2 heterocycles. The zero-order chi connectivity index (χ0) is 24.0. The van der Waals surface area contributed by atoms with E-state index in [1.807, 2.05) is 50.2 Å². The molecule has 0 aliphatic rings. The summed E-state index contributed by atoms with van der Waals surface area (Å²) in [6, 6.07) is 18.2. The summed E-state index contributed by atoms with van der Waals surface area (Å²) in [5.74, 6) is 0.377. The SMILES string of the molecule is CCNc1nc(C)c(-c2ccnc(Nc3cccc(S(=O)(=O)NCCc4ccccc4)c3)n2)s1. The molecule has 4 aromatic rings. The number of thiazole rings is 1. The minimum absolute atomic E-state index is 0.176. The molecule has 8 nitrogen and oxygen atoms in total. The third kappa shape index (κ3) is 5.96. The molecule has 0 bridgehead atoms. The van der Waals surface area contributed by atoms with Crippen molar-refractivity contribution in [3.8, 4) is 10.6 Å². The van der Waals surface area contributed by atoms with Crippen molar-refractivity contribution in [1.29, 1.82) is 0 Å². The van der Waals surface area contributed by atoms with Crippen molar-refractivity contribution in [3.63, 3.8) is 0 Å². The van der Waals surface area contributed by atoms with E-state index in [-0.39, 0.29) is 4.90 Å². The first-order valence-electron chi connectivity index (χ1n) is 10.9. The van der Waals surface area contributed by atoms with Crippen LogP contribution in [0.25, 0.3) is 10.6 Å². The average Bonchev–Trinajstić information content (AvgIpc) is 3.20. The van der Waals surface area contributed by atoms with Crippen molar-refractivity contribution in [2.24, 2.45) is 0 Å². The molecule has 0 unspecified atom stereocenters. The quantitative estimate of drug-likeness (QED) is 0.295. The Morgan fingerprint density at radius 2 is 1.82 bits per heavy atom. The van der Waals surface area contributed by atoms with Gasteiger partial charge in [-0.05, 0) is 50.1 Å². The molecule has 34 heavy (non-hydrogen) atoms. The van der Waals surface area contributed by atoms with E-state index in [4.69, 9.17) is 0 Å². The van der Waals surface area contributed by atoms with Gasteiger partial charge in [-0.1, -0.05) is 47.7 Å². The second kappa shape index (κ2) is 10.7. The highest BCUT2D eigenvalue weighted by atomic mass is 32.2. The van der Waals surface area contributed by atoms with E-state index in [2.05, 4.69) is 30.3 Å². The Morgan fingerprint density at radius 3 is 2.62 bits per heavy atom. The molecular formula is C24H26N6O2S2. The van der Waals surface area contributed by atoms with Crippen LogP contribution in [0.3, 0.4) is 0 Å². The molecule has 0 saturated heterocycles. The fraction of sp³-hybridized carbons (Fsp3) is 0.208. The molecule has 0 radical (unpaired) electrons. The highest BCUT2D eigenvalue weighted by molar-refractivity contribution is 7.89. The van der Waals surface area contributed by atoms with Gasteiger partial charge in [0.05, 0.1) is 21.2 Å². The first-order valence-corrected chi connectivity index (χ1v) is 13.2. The first kappa shape index (κ1) is 23.8. The van der Waals surface area contributed by atoms with E-state index in [9.17, 15) is 8.42 Å². The summed E-state index contributed by atoms with van der Waals surface area (Å²) in [6.45, 7) is 5.08. The lowest BCUT2D eigenvalue weighted by Gasteiger charge is -2.10. The van der Waals surface area contributed by atoms with Crippen LogP contribution in [0.2, 0.25) is 0 Å². The fourth-order valence-corrected chi connectivity index (χ4v) is 5.42. The van der Waals surface area contributed by atoms with Gasteiger partial charge >= 0.3 is 0 Å². The Morgan fingerprint density at radius 1 is 1.00 bits per heavy atom. The molecule has 2 aromatic carbocycles. The molecule has 0 atom stereocenters. The number of nitrogens with one attached hydrogen (secondary N) is 3. The molecule has 0 spiro atoms. The predicted molar refractivity (Wildman–Crippen MR) is 137 cm³/mol. The minimum Gasteiger partial charge on any atom is -0.362 e. The number of hydrogen-bond acceptors (Lipinski definition) is 8. The molecule has 2 aromatic heterocycles. The van der Waals surface area contributed by atoms with Crippen molar-refractivity contribution < 1.29 is 8.42 Å². The molecule has 0 saturated carbocycles. The van der Waals surface area contributed by atoms with E-state index >= 15 is 0 Å². The summed E-state index contributed by atoms with van der Waals surface area (Å²) in [5, 5.41) is 7.18. The highest BCUT2D eigenvalue weighted by Gasteiger charge is 2.15. The van der Waals surface area contributed by atoms with E-state index in [1.54, 1.807) is 30.5 Å². The topological polar surface area (TPSA) is 109 Å². The van der Waals surface area contributed by atoms with Crippen molar-refractivity contribution in [2.75, 3.05) is 23.7 Å². The Bertz CT molecular complexity index is 1360. The Balaban J connectivity index is 1.46. The maximum Gasteiger partial charge on any atom is 0.240 e. The van der Waals surface area contributed by atoms with Gasteiger partial charge in [0.25, 0.3) is 0 Å². The van der Waals surface area contributed by atoms with Crippen molar-refractivity contribution in [2.45, 2.75) is 25.2 Å². The summed E-state index contributed by atoms with van der Waals surface area (Å²) in [5.41, 5.74) is 3.30. The van der Waals surface area contributed by atoms with Crippen LogP contribution in [-0.2, 0) is 16.4 Å². The van der Waals surface area contributed by atoms with Gasteiger partial charge in [-0.25, -0.2) is 28.1 Å². The summed E-state index contributed by atoms with van der Waals surface area (Å²) < 4.78 is 28.2. The van der Waals surface area contributed by atoms with Crippen LogP contribution in [0.4, 0.5) is 16.8 Å². The maximum absolute atomic E-state index is 12.8. The Hall–Kier alpha value is -3.34. The third-order valence-electron chi connectivity index (χ3n) is 4.96. The molecule has 0 fully saturated rings. The summed E-state index contributed by atoms with van der Waals surface area (Å²) in [7, 11) is -3.65. The summed E-state index contributed by atoms with van der Waals surface area (Å²) >= 11 is 1.54. The number of rotatable bonds is 10. The monoisotopic (exact) mass is 494 g/mol. The van der Waals surface area contributed by atoms with Crippen LogP contribution in [0.1, 0.15) is 18.2 Å². The minimum atomic E-state index is -3.65. The smallest absolute Gasteiger partial charge is 0.240 e. The van der Waals surface area contributed by atoms with Crippen LogP contribution in [-0.4, -0.2) is 36.5 Å². The number of anilines is 3. The van der Waals surface area contributed by atoms with Crippen LogP contribution in [0.15, 0.2) is 71.8 Å². The average molecular weight is 495 g/mol. The molecule has 4 rings (SSSR count). The van der Waals surface area contributed by atoms with Crippen LogP contribution < -0.4 is 15.4 Å². The Labute approximate surface area is 203 Å². The van der Waals surface area contributed by atoms with Gasteiger partial charge < -0.3 is 10.6 Å². The van der Waals surface area contributed by atoms with Gasteiger partial charge in [-0.2, -0.15) is 0 Å². The summed E-state index contributed by atoms with van der Waals surface area (Å²) in [4.78, 5) is 14.6. The van der Waals surface area contributed by atoms with E-state index < -0.39 is 10.0 Å². The van der Waals surface area contributed by atoms with Crippen LogP contribution >= 0.6 is 11.3 Å². The number of hydrogen-bond donors (Lipinski definition) is 3. The predicted octanol–water partition coefficient (Wildman–Crippen LogP) is 4.60. The fourth-order valence-electron chi connectivity index (χ4n) is 3.33. The lowest BCUT2D eigenvalue weighted by Crippen LogP contribution is -2.26. The van der Waals surface area contributed by atoms with Crippen molar-refractivity contribution in [1.82, 2.24) is 19.7 Å². The maximum atomic E-state index is 12.8. The second-order valence-corrected chi connectivity index (χ2v) is 10.3. The normalized spacial score (nSPS) is 11.4. The number of nitrogens with zero attached hydrogens (tertiary/aromatic N) is 3. The van der Waals surface area contributed by atoms with Gasteiger partial charge in [0, 0.05) is 25.0 Å². The highest BCUT2D eigenvalue weighted by Crippen LogP contribution is 2.32. The van der Waals surface area contributed by atoms with Crippen molar-refractivity contribution >= 4 is 38.1 Å². The van der Waals surface area contributed by atoms with Crippen molar-refractivity contribution in [3.05, 3.63) is 78.1 Å². The zero-order valence-electron chi connectivity index (χ0n) is 18.9. The Kier molecular flexibility index (Phi) is 7.51. The van der Waals surface area contributed by atoms with Gasteiger partial charge in [0.1, 0.15) is 0 Å².